The number of benzene rings is 2. The largest absolute Gasteiger partial charge is 0.206 e. The van der Waals surface area contributed by atoms with Crippen LogP contribution in [-0.2, 0) is 0 Å². The van der Waals surface area contributed by atoms with E-state index in [-0.39, 0.29) is 11.1 Å². The zero-order chi connectivity index (χ0) is 11.7. The van der Waals surface area contributed by atoms with Crippen molar-refractivity contribution in [2.75, 3.05) is 0 Å². The molecule has 16 heavy (non-hydrogen) atoms. The quantitative estimate of drug-likeness (QED) is 0.649. The Morgan fingerprint density at radius 2 is 1.56 bits per heavy atom. The normalized spacial score (nSPS) is 10.5. The predicted molar refractivity (Wildman–Crippen MR) is 50.5 cm³/mol. The van der Waals surface area contributed by atoms with Gasteiger partial charge in [0.15, 0.2) is 11.6 Å². The molecule has 2 aromatic carbocycles. The van der Waals surface area contributed by atoms with Gasteiger partial charge in [0.2, 0.25) is 0 Å². The van der Waals surface area contributed by atoms with Gasteiger partial charge < -0.3 is 0 Å². The summed E-state index contributed by atoms with van der Waals surface area (Å²) in [6.07, 6.45) is 0. The first-order valence-electron chi connectivity index (χ1n) is 4.40. The van der Waals surface area contributed by atoms with Gasteiger partial charge in [-0.15, -0.1) is 0 Å². The first-order chi connectivity index (χ1) is 7.58. The highest BCUT2D eigenvalue weighted by Gasteiger charge is 2.09. The van der Waals surface area contributed by atoms with Crippen LogP contribution in [0.5, 0.6) is 0 Å². The van der Waals surface area contributed by atoms with Crippen molar-refractivity contribution >= 4 is 0 Å². The Morgan fingerprint density at radius 3 is 2.25 bits per heavy atom. The highest BCUT2D eigenvalue weighted by Crippen LogP contribution is 2.24. The molecular formula is C12H5F4. The zero-order valence-electron chi connectivity index (χ0n) is 7.90. The van der Waals surface area contributed by atoms with E-state index < -0.39 is 23.3 Å². The van der Waals surface area contributed by atoms with E-state index in [9.17, 15) is 17.6 Å². The molecule has 0 amide bonds. The molecule has 1 radical (unpaired) electrons. The van der Waals surface area contributed by atoms with Crippen molar-refractivity contribution < 1.29 is 17.6 Å². The summed E-state index contributed by atoms with van der Waals surface area (Å²) in [5.41, 5.74) is -0.0561. The summed E-state index contributed by atoms with van der Waals surface area (Å²) >= 11 is 0. The number of hydrogen-bond acceptors (Lipinski definition) is 0. The first kappa shape index (κ1) is 10.7. The van der Waals surface area contributed by atoms with Gasteiger partial charge in [0, 0.05) is 11.6 Å². The van der Waals surface area contributed by atoms with Gasteiger partial charge in [-0.1, -0.05) is 6.07 Å². The summed E-state index contributed by atoms with van der Waals surface area (Å²) in [6, 6.07) is 6.56. The zero-order valence-corrected chi connectivity index (χ0v) is 7.90. The summed E-state index contributed by atoms with van der Waals surface area (Å²) in [5, 5.41) is 0. The van der Waals surface area contributed by atoms with Crippen LogP contribution in [0.2, 0.25) is 0 Å². The van der Waals surface area contributed by atoms with Gasteiger partial charge in [-0.25, -0.2) is 17.6 Å². The smallest absolute Gasteiger partial charge is 0.159 e. The maximum atomic E-state index is 13.3. The van der Waals surface area contributed by atoms with Crippen molar-refractivity contribution in [2.45, 2.75) is 0 Å². The molecular weight excluding hydrogens is 220 g/mol. The lowest BCUT2D eigenvalue weighted by Gasteiger charge is -2.04. The molecule has 4 heteroatoms. The molecule has 0 aliphatic rings. The molecule has 81 valence electrons. The minimum atomic E-state index is -1.11. The Bertz CT molecular complexity index is 535. The molecule has 0 unspecified atom stereocenters. The van der Waals surface area contributed by atoms with Gasteiger partial charge in [-0.2, -0.15) is 0 Å². The van der Waals surface area contributed by atoms with Gasteiger partial charge in [0.1, 0.15) is 11.6 Å². The Labute approximate surface area is 89.2 Å². The van der Waals surface area contributed by atoms with E-state index in [1.54, 1.807) is 0 Å². The topological polar surface area (TPSA) is 0 Å². The van der Waals surface area contributed by atoms with Crippen LogP contribution in [0.3, 0.4) is 0 Å². The monoisotopic (exact) mass is 225 g/mol. The molecule has 0 saturated carbocycles. The fourth-order valence-electron chi connectivity index (χ4n) is 1.33. The van der Waals surface area contributed by atoms with Crippen LogP contribution >= 0.6 is 0 Å². The van der Waals surface area contributed by atoms with Crippen LogP contribution in [0, 0.1) is 29.3 Å². The Balaban J connectivity index is 2.58. The van der Waals surface area contributed by atoms with Gasteiger partial charge in [-0.05, 0) is 29.8 Å². The second kappa shape index (κ2) is 3.96. The van der Waals surface area contributed by atoms with E-state index in [4.69, 9.17) is 0 Å². The molecule has 0 nitrogen and oxygen atoms in total. The van der Waals surface area contributed by atoms with Gasteiger partial charge in [-0.3, -0.25) is 0 Å². The van der Waals surface area contributed by atoms with E-state index >= 15 is 0 Å². The van der Waals surface area contributed by atoms with Crippen molar-refractivity contribution in [3.8, 4) is 11.1 Å². The molecule has 0 fully saturated rings. The first-order valence-corrected chi connectivity index (χ1v) is 4.40. The van der Waals surface area contributed by atoms with Gasteiger partial charge in [0.05, 0.1) is 0 Å². The Kier molecular flexibility index (Phi) is 2.64. The third kappa shape index (κ3) is 1.91. The van der Waals surface area contributed by atoms with Crippen LogP contribution in [0.1, 0.15) is 0 Å². The SMILES string of the molecule is Fc1[c]cc(F)c(-c2ccc(F)c(F)c2)c1. The van der Waals surface area contributed by atoms with Crippen molar-refractivity contribution in [1.29, 1.82) is 0 Å². The molecule has 0 aromatic heterocycles. The number of halogens is 4. The van der Waals surface area contributed by atoms with E-state index in [1.807, 2.05) is 6.07 Å². The van der Waals surface area contributed by atoms with Gasteiger partial charge >= 0.3 is 0 Å². The summed E-state index contributed by atoms with van der Waals surface area (Å²) in [4.78, 5) is 0. The number of hydrogen-bond donors (Lipinski definition) is 0. The van der Waals surface area contributed by atoms with Crippen molar-refractivity contribution in [3.63, 3.8) is 0 Å². The third-order valence-electron chi connectivity index (χ3n) is 2.10. The minimum absolute atomic E-state index is 0.0734. The van der Waals surface area contributed by atoms with E-state index in [1.165, 1.54) is 6.07 Å². The average Bonchev–Trinajstić information content (AvgIpc) is 2.26. The lowest BCUT2D eigenvalue weighted by Crippen LogP contribution is -1.89. The molecule has 2 rings (SSSR count). The third-order valence-corrected chi connectivity index (χ3v) is 2.10. The highest BCUT2D eigenvalue weighted by atomic mass is 19.2. The average molecular weight is 225 g/mol. The molecule has 0 saturated heterocycles. The van der Waals surface area contributed by atoms with E-state index in [0.29, 0.717) is 0 Å². The molecule has 0 N–H and O–H groups in total. The summed E-state index contributed by atoms with van der Waals surface area (Å²) < 4.78 is 51.6. The standard InChI is InChI=1S/C12H5F4/c13-8-2-4-10(14)9(6-8)7-1-3-11(15)12(16)5-7/h1,3-6H. The fraction of sp³-hybridized carbons (Fsp3) is 0. The second-order valence-corrected chi connectivity index (χ2v) is 3.17. The van der Waals surface area contributed by atoms with Gasteiger partial charge in [0.25, 0.3) is 0 Å². The van der Waals surface area contributed by atoms with Crippen LogP contribution in [0.4, 0.5) is 17.6 Å². The Hall–Kier alpha value is -1.84. The number of rotatable bonds is 1. The fourth-order valence-corrected chi connectivity index (χ4v) is 1.33. The van der Waals surface area contributed by atoms with Crippen molar-refractivity contribution in [3.05, 3.63) is 59.7 Å². The highest BCUT2D eigenvalue weighted by molar-refractivity contribution is 5.64. The van der Waals surface area contributed by atoms with Crippen LogP contribution in [0.25, 0.3) is 11.1 Å². The molecule has 0 bridgehead atoms. The Morgan fingerprint density at radius 1 is 0.812 bits per heavy atom. The van der Waals surface area contributed by atoms with Crippen LogP contribution in [-0.4, -0.2) is 0 Å². The summed E-state index contributed by atoms with van der Waals surface area (Å²) in [5.74, 6) is -3.65. The van der Waals surface area contributed by atoms with Crippen molar-refractivity contribution in [2.24, 2.45) is 0 Å². The van der Waals surface area contributed by atoms with Crippen LogP contribution in [0.15, 0.2) is 30.3 Å². The van der Waals surface area contributed by atoms with E-state index in [0.717, 1.165) is 24.3 Å². The maximum absolute atomic E-state index is 13.3. The maximum Gasteiger partial charge on any atom is 0.159 e. The van der Waals surface area contributed by atoms with Crippen molar-refractivity contribution in [1.82, 2.24) is 0 Å². The lowest BCUT2D eigenvalue weighted by molar-refractivity contribution is 0.509. The van der Waals surface area contributed by atoms with E-state index in [2.05, 4.69) is 0 Å². The molecule has 0 aliphatic carbocycles. The minimum Gasteiger partial charge on any atom is -0.206 e. The van der Waals surface area contributed by atoms with Crippen LogP contribution < -0.4 is 0 Å². The molecule has 0 spiro atoms. The predicted octanol–water partition coefficient (Wildman–Crippen LogP) is 3.71. The molecule has 0 aliphatic heterocycles. The molecule has 0 heterocycles. The molecule has 0 atom stereocenters. The molecule has 2 aromatic rings. The lowest BCUT2D eigenvalue weighted by atomic mass is 10.0. The summed E-state index contributed by atoms with van der Waals surface area (Å²) in [6.45, 7) is 0. The second-order valence-electron chi connectivity index (χ2n) is 3.17. The summed E-state index contributed by atoms with van der Waals surface area (Å²) in [7, 11) is 0.